The lowest BCUT2D eigenvalue weighted by Gasteiger charge is -2.57. The third-order valence-corrected chi connectivity index (χ3v) is 6.07. The van der Waals surface area contributed by atoms with Crippen molar-refractivity contribution in [1.82, 2.24) is 9.88 Å². The van der Waals surface area contributed by atoms with Crippen LogP contribution in [0.2, 0.25) is 0 Å². The van der Waals surface area contributed by atoms with E-state index in [9.17, 15) is 0 Å². The molecular formula is C18H28N2. The standard InChI is InChI=1S/C18H28N2/c1-2-5-20-6-3-4-17(20)13-19-18-10-14-7-15(11-18)9-16(8-14)12-18/h3-4,6,14-16,19H,2,5,7-13H2,1H3. The number of nitrogens with one attached hydrogen (secondary N) is 1. The van der Waals surface area contributed by atoms with Gasteiger partial charge in [-0.1, -0.05) is 6.92 Å². The molecule has 0 amide bonds. The zero-order valence-electron chi connectivity index (χ0n) is 12.8. The molecule has 1 heterocycles. The lowest BCUT2D eigenvalue weighted by atomic mass is 9.53. The minimum atomic E-state index is 0.496. The third kappa shape index (κ3) is 2.22. The van der Waals surface area contributed by atoms with E-state index in [4.69, 9.17) is 0 Å². The van der Waals surface area contributed by atoms with Crippen LogP contribution in [0.15, 0.2) is 18.3 Å². The Labute approximate surface area is 122 Å². The van der Waals surface area contributed by atoms with Crippen LogP contribution in [-0.4, -0.2) is 10.1 Å². The van der Waals surface area contributed by atoms with Gasteiger partial charge in [-0.25, -0.2) is 0 Å². The maximum absolute atomic E-state index is 4.01. The van der Waals surface area contributed by atoms with Crippen molar-refractivity contribution in [1.29, 1.82) is 0 Å². The average Bonchev–Trinajstić information content (AvgIpc) is 2.83. The van der Waals surface area contributed by atoms with Crippen LogP contribution in [0.5, 0.6) is 0 Å². The van der Waals surface area contributed by atoms with E-state index < -0.39 is 0 Å². The molecule has 4 aliphatic carbocycles. The zero-order valence-corrected chi connectivity index (χ0v) is 12.8. The van der Waals surface area contributed by atoms with Gasteiger partial charge in [0.2, 0.25) is 0 Å². The van der Waals surface area contributed by atoms with Gasteiger partial charge in [0.05, 0.1) is 0 Å². The highest BCUT2D eigenvalue weighted by atomic mass is 15.0. The van der Waals surface area contributed by atoms with Gasteiger partial charge in [-0.15, -0.1) is 0 Å². The van der Waals surface area contributed by atoms with E-state index in [0.29, 0.717) is 5.54 Å². The van der Waals surface area contributed by atoms with Gasteiger partial charge in [0.25, 0.3) is 0 Å². The van der Waals surface area contributed by atoms with Crippen molar-refractivity contribution < 1.29 is 0 Å². The second-order valence-electron chi connectivity index (χ2n) is 7.74. The summed E-state index contributed by atoms with van der Waals surface area (Å²) >= 11 is 0. The van der Waals surface area contributed by atoms with Crippen molar-refractivity contribution in [2.24, 2.45) is 17.8 Å². The molecule has 0 aromatic carbocycles. The van der Waals surface area contributed by atoms with Crippen LogP contribution in [0.3, 0.4) is 0 Å². The quantitative estimate of drug-likeness (QED) is 0.858. The molecule has 4 saturated carbocycles. The molecule has 1 aromatic heterocycles. The molecule has 1 aromatic rings. The molecule has 0 spiro atoms. The van der Waals surface area contributed by atoms with E-state index in [1.165, 1.54) is 50.6 Å². The summed E-state index contributed by atoms with van der Waals surface area (Å²) in [5.41, 5.74) is 1.97. The van der Waals surface area contributed by atoms with Crippen molar-refractivity contribution in [3.8, 4) is 0 Å². The molecule has 4 aliphatic rings. The first-order valence-electron chi connectivity index (χ1n) is 8.65. The third-order valence-electron chi connectivity index (χ3n) is 6.07. The molecule has 2 heteroatoms. The molecule has 0 aliphatic heterocycles. The molecule has 4 fully saturated rings. The van der Waals surface area contributed by atoms with E-state index >= 15 is 0 Å². The van der Waals surface area contributed by atoms with E-state index in [0.717, 1.165) is 30.8 Å². The minimum Gasteiger partial charge on any atom is -0.350 e. The van der Waals surface area contributed by atoms with Crippen LogP contribution in [-0.2, 0) is 13.1 Å². The zero-order chi connectivity index (χ0) is 13.6. The summed E-state index contributed by atoms with van der Waals surface area (Å²) in [6, 6.07) is 4.50. The predicted molar refractivity (Wildman–Crippen MR) is 82.5 cm³/mol. The summed E-state index contributed by atoms with van der Waals surface area (Å²) in [6.45, 7) is 4.49. The highest BCUT2D eigenvalue weighted by molar-refractivity contribution is 5.11. The summed E-state index contributed by atoms with van der Waals surface area (Å²) in [5.74, 6) is 3.11. The second kappa shape index (κ2) is 4.91. The highest BCUT2D eigenvalue weighted by Gasteiger charge is 2.50. The van der Waals surface area contributed by atoms with Crippen LogP contribution < -0.4 is 5.32 Å². The second-order valence-corrected chi connectivity index (χ2v) is 7.74. The Morgan fingerprint density at radius 3 is 2.40 bits per heavy atom. The van der Waals surface area contributed by atoms with Crippen LogP contribution in [0, 0.1) is 17.8 Å². The fourth-order valence-electron chi connectivity index (χ4n) is 5.67. The normalized spacial score (nSPS) is 38.5. The number of nitrogens with zero attached hydrogens (tertiary/aromatic N) is 1. The number of hydrogen-bond acceptors (Lipinski definition) is 1. The first-order valence-corrected chi connectivity index (χ1v) is 8.65. The summed E-state index contributed by atoms with van der Waals surface area (Å²) < 4.78 is 2.42. The molecule has 20 heavy (non-hydrogen) atoms. The Bertz CT molecular complexity index is 438. The minimum absolute atomic E-state index is 0.496. The van der Waals surface area contributed by atoms with Crippen molar-refractivity contribution in [3.63, 3.8) is 0 Å². The highest BCUT2D eigenvalue weighted by Crippen LogP contribution is 2.55. The van der Waals surface area contributed by atoms with Crippen molar-refractivity contribution >= 4 is 0 Å². The molecule has 110 valence electrons. The van der Waals surface area contributed by atoms with E-state index in [-0.39, 0.29) is 0 Å². The maximum Gasteiger partial charge on any atom is 0.0364 e. The fourth-order valence-corrected chi connectivity index (χ4v) is 5.67. The van der Waals surface area contributed by atoms with Gasteiger partial charge in [-0.05, 0) is 74.8 Å². The fraction of sp³-hybridized carbons (Fsp3) is 0.778. The molecule has 2 nitrogen and oxygen atoms in total. The van der Waals surface area contributed by atoms with Crippen LogP contribution in [0.1, 0.15) is 57.6 Å². The predicted octanol–water partition coefficient (Wildman–Crippen LogP) is 3.96. The Morgan fingerprint density at radius 1 is 1.15 bits per heavy atom. The van der Waals surface area contributed by atoms with E-state index in [1.807, 2.05) is 0 Å². The molecular weight excluding hydrogens is 244 g/mol. The summed E-state index contributed by atoms with van der Waals surface area (Å²) in [6.07, 6.45) is 12.4. The average molecular weight is 272 g/mol. The van der Waals surface area contributed by atoms with Gasteiger partial charge in [0.1, 0.15) is 0 Å². The topological polar surface area (TPSA) is 17.0 Å². The Hall–Kier alpha value is -0.760. The van der Waals surface area contributed by atoms with E-state index in [1.54, 1.807) is 0 Å². The van der Waals surface area contributed by atoms with Gasteiger partial charge in [-0.3, -0.25) is 0 Å². The number of aromatic nitrogens is 1. The molecule has 0 radical (unpaired) electrons. The van der Waals surface area contributed by atoms with Crippen molar-refractivity contribution in [2.45, 2.75) is 70.5 Å². The van der Waals surface area contributed by atoms with Crippen LogP contribution in [0.25, 0.3) is 0 Å². The first-order chi connectivity index (χ1) is 9.76. The van der Waals surface area contributed by atoms with Crippen molar-refractivity contribution in [2.75, 3.05) is 0 Å². The van der Waals surface area contributed by atoms with Gasteiger partial charge in [-0.2, -0.15) is 0 Å². The lowest BCUT2D eigenvalue weighted by Crippen LogP contribution is -2.58. The molecule has 5 rings (SSSR count). The Morgan fingerprint density at radius 2 is 1.80 bits per heavy atom. The van der Waals surface area contributed by atoms with Crippen LogP contribution in [0.4, 0.5) is 0 Å². The van der Waals surface area contributed by atoms with Gasteiger partial charge >= 0.3 is 0 Å². The number of rotatable bonds is 5. The van der Waals surface area contributed by atoms with Gasteiger partial charge in [0.15, 0.2) is 0 Å². The molecule has 0 saturated heterocycles. The molecule has 0 unspecified atom stereocenters. The van der Waals surface area contributed by atoms with Gasteiger partial charge < -0.3 is 9.88 Å². The maximum atomic E-state index is 4.01. The Balaban J connectivity index is 1.45. The van der Waals surface area contributed by atoms with E-state index in [2.05, 4.69) is 35.1 Å². The monoisotopic (exact) mass is 272 g/mol. The lowest BCUT2D eigenvalue weighted by molar-refractivity contribution is -0.0208. The summed E-state index contributed by atoms with van der Waals surface area (Å²) in [7, 11) is 0. The Kier molecular flexibility index (Phi) is 3.17. The molecule has 1 N–H and O–H groups in total. The number of hydrogen-bond donors (Lipinski definition) is 1. The number of aryl methyl sites for hydroxylation is 1. The molecule has 0 atom stereocenters. The molecule has 4 bridgehead atoms. The summed E-state index contributed by atoms with van der Waals surface area (Å²) in [4.78, 5) is 0. The first kappa shape index (κ1) is 12.9. The smallest absolute Gasteiger partial charge is 0.0364 e. The summed E-state index contributed by atoms with van der Waals surface area (Å²) in [5, 5.41) is 4.01. The SMILES string of the molecule is CCCn1cccc1CNC12CC3CC(CC(C3)C1)C2. The largest absolute Gasteiger partial charge is 0.350 e. The van der Waals surface area contributed by atoms with Crippen molar-refractivity contribution in [3.05, 3.63) is 24.0 Å². The van der Waals surface area contributed by atoms with Gasteiger partial charge in [0, 0.05) is 30.5 Å². The van der Waals surface area contributed by atoms with Crippen LogP contribution >= 0.6 is 0 Å².